The van der Waals surface area contributed by atoms with Gasteiger partial charge in [-0.3, -0.25) is 24.2 Å². The first kappa shape index (κ1) is 39.4. The smallest absolute Gasteiger partial charge is 0.272 e. The van der Waals surface area contributed by atoms with Crippen LogP contribution < -0.4 is 37.9 Å². The number of hydrogen-bond acceptors (Lipinski definition) is 6. The molecule has 50 heavy (non-hydrogen) atoms. The predicted molar refractivity (Wildman–Crippen MR) is 202 cm³/mol. The summed E-state index contributed by atoms with van der Waals surface area (Å²) in [5, 5.41) is 10.4. The SMILES string of the molecule is CCc1ccc(C(=O)N(NCCBr)c2cc(C(=O)Nc3cc(C(=O)Nc4cc(C(=O)NCCN=C(N)N)n(C)c4)n(C)c3)n(C)c2)cc1C.Cl. The van der Waals surface area contributed by atoms with Crippen LogP contribution in [0.5, 0.6) is 0 Å². The largest absolute Gasteiger partial charge is 0.370 e. The number of anilines is 3. The summed E-state index contributed by atoms with van der Waals surface area (Å²) in [5.41, 5.74) is 18.7. The van der Waals surface area contributed by atoms with Gasteiger partial charge in [0, 0.05) is 63.7 Å². The van der Waals surface area contributed by atoms with E-state index in [-0.39, 0.29) is 49.0 Å². The zero-order valence-electron chi connectivity index (χ0n) is 28.5. The molecule has 268 valence electrons. The molecule has 4 aromatic rings. The molecule has 0 unspecified atom stereocenters. The molecule has 0 aliphatic heterocycles. The minimum atomic E-state index is -0.441. The maximum Gasteiger partial charge on any atom is 0.272 e. The first-order valence-corrected chi connectivity index (χ1v) is 16.6. The number of amides is 4. The summed E-state index contributed by atoms with van der Waals surface area (Å²) in [6.07, 6.45) is 5.80. The van der Waals surface area contributed by atoms with Crippen LogP contribution in [0.3, 0.4) is 0 Å². The van der Waals surface area contributed by atoms with Crippen LogP contribution in [0.15, 0.2) is 60.0 Å². The number of aryl methyl sites for hydroxylation is 5. The van der Waals surface area contributed by atoms with Gasteiger partial charge in [-0.25, -0.2) is 10.4 Å². The molecule has 8 N–H and O–H groups in total. The Morgan fingerprint density at radius 2 is 1.38 bits per heavy atom. The van der Waals surface area contributed by atoms with Gasteiger partial charge in [0.05, 0.1) is 23.6 Å². The molecule has 0 saturated heterocycles. The molecule has 0 fully saturated rings. The second-order valence-electron chi connectivity index (χ2n) is 11.3. The normalized spacial score (nSPS) is 10.6. The molecule has 0 spiro atoms. The van der Waals surface area contributed by atoms with Crippen LogP contribution in [0.25, 0.3) is 0 Å². The Morgan fingerprint density at radius 1 is 0.820 bits per heavy atom. The molecule has 4 rings (SSSR count). The third kappa shape index (κ3) is 9.55. The van der Waals surface area contributed by atoms with Gasteiger partial charge in [-0.1, -0.05) is 28.9 Å². The zero-order valence-corrected chi connectivity index (χ0v) is 30.9. The summed E-state index contributed by atoms with van der Waals surface area (Å²) < 4.78 is 4.80. The second kappa shape index (κ2) is 17.6. The van der Waals surface area contributed by atoms with E-state index < -0.39 is 11.8 Å². The maximum absolute atomic E-state index is 13.6. The van der Waals surface area contributed by atoms with Gasteiger partial charge >= 0.3 is 0 Å². The van der Waals surface area contributed by atoms with Crippen LogP contribution in [0, 0.1) is 6.92 Å². The third-order valence-electron chi connectivity index (χ3n) is 7.70. The topological polar surface area (TPSA) is 199 Å². The van der Waals surface area contributed by atoms with Crippen molar-refractivity contribution >= 4 is 75.0 Å². The minimum absolute atomic E-state index is 0. The fraction of sp³-hybridized carbons (Fsp3) is 0.303. The van der Waals surface area contributed by atoms with Gasteiger partial charge in [-0.05, 0) is 54.8 Å². The zero-order chi connectivity index (χ0) is 35.8. The quantitative estimate of drug-likeness (QED) is 0.0372. The predicted octanol–water partition coefficient (Wildman–Crippen LogP) is 3.05. The molecule has 17 heteroatoms. The minimum Gasteiger partial charge on any atom is -0.370 e. The number of nitrogens with one attached hydrogen (secondary N) is 4. The van der Waals surface area contributed by atoms with E-state index in [4.69, 9.17) is 11.5 Å². The number of alkyl halides is 1. The lowest BCUT2D eigenvalue weighted by atomic mass is 10.0. The van der Waals surface area contributed by atoms with Gasteiger partial charge in [0.15, 0.2) is 5.96 Å². The van der Waals surface area contributed by atoms with Crippen LogP contribution >= 0.6 is 28.3 Å². The first-order chi connectivity index (χ1) is 23.3. The van der Waals surface area contributed by atoms with Crippen LogP contribution in [0.4, 0.5) is 17.1 Å². The Bertz CT molecular complexity index is 1890. The van der Waals surface area contributed by atoms with Crippen molar-refractivity contribution in [1.82, 2.24) is 24.4 Å². The number of nitrogens with two attached hydrogens (primary N) is 2. The summed E-state index contributed by atoms with van der Waals surface area (Å²) in [6.45, 7) is 5.00. The van der Waals surface area contributed by atoms with Gasteiger partial charge in [0.1, 0.15) is 17.1 Å². The van der Waals surface area contributed by atoms with Crippen molar-refractivity contribution in [2.75, 3.05) is 40.6 Å². The molecule has 3 aromatic heterocycles. The lowest BCUT2D eigenvalue weighted by Crippen LogP contribution is -2.44. The van der Waals surface area contributed by atoms with E-state index in [1.54, 1.807) is 71.6 Å². The summed E-state index contributed by atoms with van der Waals surface area (Å²) in [4.78, 5) is 56.6. The number of hydrogen-bond donors (Lipinski definition) is 6. The van der Waals surface area contributed by atoms with Gasteiger partial charge < -0.3 is 41.1 Å². The van der Waals surface area contributed by atoms with Crippen molar-refractivity contribution in [2.24, 2.45) is 37.6 Å². The molecular formula is C33H43BrClN11O4. The van der Waals surface area contributed by atoms with E-state index in [9.17, 15) is 19.2 Å². The van der Waals surface area contributed by atoms with Crippen molar-refractivity contribution in [2.45, 2.75) is 20.3 Å². The summed E-state index contributed by atoms with van der Waals surface area (Å²) in [5.74, 6) is -1.54. The van der Waals surface area contributed by atoms with E-state index in [1.807, 2.05) is 25.1 Å². The Hall–Kier alpha value is -5.06. The van der Waals surface area contributed by atoms with Gasteiger partial charge in [0.25, 0.3) is 23.6 Å². The van der Waals surface area contributed by atoms with E-state index in [2.05, 4.69) is 49.2 Å². The van der Waals surface area contributed by atoms with E-state index in [0.717, 1.165) is 12.0 Å². The molecule has 0 radical (unpaired) electrons. The standard InChI is InChI=1S/C33H42BrN11O4.ClH/c1-6-21-7-8-22(13-20(21)2)32(49)45(39-10-9-34)25-16-28(44(5)19-25)31(48)41-24-15-27(43(4)18-24)30(47)40-23-14-26(42(3)17-23)29(46)37-11-12-38-33(35)36;/h7-8,13-19,39H,6,9-12H2,1-5H3,(H,37,46)(H,40,47)(H,41,48)(H4,35,36,38);1H. The Morgan fingerprint density at radius 3 is 1.92 bits per heavy atom. The Labute approximate surface area is 305 Å². The first-order valence-electron chi connectivity index (χ1n) is 15.5. The van der Waals surface area contributed by atoms with Gasteiger partial charge in [-0.2, -0.15) is 0 Å². The van der Waals surface area contributed by atoms with Gasteiger partial charge in [0.2, 0.25) is 0 Å². The van der Waals surface area contributed by atoms with Crippen molar-refractivity contribution in [3.8, 4) is 0 Å². The molecule has 0 bridgehead atoms. The lowest BCUT2D eigenvalue weighted by molar-refractivity contribution is 0.0943. The molecule has 4 amide bonds. The third-order valence-corrected chi connectivity index (χ3v) is 8.10. The number of rotatable bonds is 14. The monoisotopic (exact) mass is 771 g/mol. The number of carbonyl (C=O) groups is 4. The second-order valence-corrected chi connectivity index (χ2v) is 12.1. The highest BCUT2D eigenvalue weighted by Crippen LogP contribution is 2.23. The fourth-order valence-electron chi connectivity index (χ4n) is 5.24. The molecule has 3 heterocycles. The van der Waals surface area contributed by atoms with Crippen LogP contribution in [-0.2, 0) is 27.6 Å². The Kier molecular flexibility index (Phi) is 13.8. The van der Waals surface area contributed by atoms with Crippen molar-refractivity contribution in [1.29, 1.82) is 0 Å². The van der Waals surface area contributed by atoms with Gasteiger partial charge in [-0.15, -0.1) is 12.4 Å². The highest BCUT2D eigenvalue weighted by molar-refractivity contribution is 9.09. The molecule has 0 atom stereocenters. The fourth-order valence-corrected chi connectivity index (χ4v) is 5.41. The number of guanidine groups is 1. The van der Waals surface area contributed by atoms with Crippen LogP contribution in [0.1, 0.15) is 59.9 Å². The number of aromatic nitrogens is 3. The molecule has 0 aliphatic rings. The number of hydrazine groups is 1. The molecule has 0 saturated carbocycles. The van der Waals surface area contributed by atoms with E-state index >= 15 is 0 Å². The van der Waals surface area contributed by atoms with Crippen LogP contribution in [0.2, 0.25) is 0 Å². The van der Waals surface area contributed by atoms with E-state index in [1.165, 1.54) is 10.6 Å². The highest BCUT2D eigenvalue weighted by Gasteiger charge is 2.23. The number of carbonyl (C=O) groups excluding carboxylic acids is 4. The number of aliphatic imine (C=N–C) groups is 1. The average molecular weight is 773 g/mol. The summed E-state index contributed by atoms with van der Waals surface area (Å²) in [7, 11) is 5.08. The van der Waals surface area contributed by atoms with Crippen molar-refractivity contribution in [3.63, 3.8) is 0 Å². The lowest BCUT2D eigenvalue weighted by Gasteiger charge is -2.22. The average Bonchev–Trinajstić information content (AvgIpc) is 3.74. The molecule has 15 nitrogen and oxygen atoms in total. The molecular weight excluding hydrogens is 730 g/mol. The number of benzene rings is 1. The molecule has 1 aromatic carbocycles. The summed E-state index contributed by atoms with van der Waals surface area (Å²) in [6, 6.07) is 10.4. The number of halogens is 2. The van der Waals surface area contributed by atoms with Crippen LogP contribution in [-0.4, -0.2) is 68.3 Å². The van der Waals surface area contributed by atoms with Crippen molar-refractivity contribution in [3.05, 3.63) is 88.8 Å². The summed E-state index contributed by atoms with van der Waals surface area (Å²) >= 11 is 3.40. The molecule has 0 aliphatic carbocycles. The highest BCUT2D eigenvalue weighted by atomic mass is 79.9. The van der Waals surface area contributed by atoms with E-state index in [0.29, 0.717) is 45.9 Å². The van der Waals surface area contributed by atoms with Crippen molar-refractivity contribution < 1.29 is 19.2 Å². The number of nitrogens with zero attached hydrogens (tertiary/aromatic N) is 5. The Balaban J connectivity index is 0.00000676. The maximum atomic E-state index is 13.6.